The molecule has 0 bridgehead atoms. The Labute approximate surface area is 321 Å². The minimum Gasteiger partial charge on any atom is -0.465 e. The number of carboxylic acid groups (broad SMARTS) is 1. The molecule has 6 rings (SSSR count). The number of hydrogen-bond acceptors (Lipinski definition) is 7. The van der Waals surface area contributed by atoms with Gasteiger partial charge in [-0.3, -0.25) is 14.5 Å². The lowest BCUT2D eigenvalue weighted by Gasteiger charge is -2.34. The van der Waals surface area contributed by atoms with Crippen molar-refractivity contribution in [3.05, 3.63) is 72.6 Å². The first kappa shape index (κ1) is 39.0. The summed E-state index contributed by atoms with van der Waals surface area (Å²) < 4.78 is 4.90. The summed E-state index contributed by atoms with van der Waals surface area (Å²) >= 11 is 0. The molecule has 4 atom stereocenters. The van der Waals surface area contributed by atoms with E-state index >= 15 is 0 Å². The maximum atomic E-state index is 13.7. The first-order valence-electron chi connectivity index (χ1n) is 19.1. The molecule has 2 aromatic heterocycles. The van der Waals surface area contributed by atoms with Gasteiger partial charge in [-0.25, -0.2) is 19.6 Å². The number of aromatic nitrogens is 4. The quantitative estimate of drug-likeness (QED) is 0.123. The van der Waals surface area contributed by atoms with Gasteiger partial charge in [-0.05, 0) is 59.8 Å². The molecule has 0 unspecified atom stereocenters. The Bertz CT molecular complexity index is 1970. The van der Waals surface area contributed by atoms with Crippen LogP contribution in [0.2, 0.25) is 0 Å². The molecule has 0 aliphatic carbocycles. The van der Waals surface area contributed by atoms with Crippen molar-refractivity contribution in [2.24, 2.45) is 17.8 Å². The first-order chi connectivity index (χ1) is 26.4. The standard InChI is InChI=1S/C41H52N8O6/c1-24(2)30(21-44-40(52)53)38(50)48-19-7-9-33(48)36-42-22-31(45-36)28-15-11-26(12-16-28)27-13-17-29(18-14-27)32-23-43-37(46-32)34-10-8-20-49(34)39(51)35(25(3)4)47(5)41(54)55-6/h11-18,22-25,30,33-35,44H,7-10,19-21H2,1-6H3,(H,42,45)(H,43,46)(H,52,53)/t30-,33+,34+,35+/m1/s1. The fraction of sp³-hybridized carbons (Fsp3) is 0.463. The molecule has 14 nitrogen and oxygen atoms in total. The van der Waals surface area contributed by atoms with E-state index in [9.17, 15) is 19.2 Å². The van der Waals surface area contributed by atoms with E-state index in [2.05, 4.69) is 61.7 Å². The fourth-order valence-electron chi connectivity index (χ4n) is 7.96. The van der Waals surface area contributed by atoms with Gasteiger partial charge in [-0.1, -0.05) is 76.2 Å². The molecule has 2 saturated heterocycles. The largest absolute Gasteiger partial charge is 0.465 e. The number of aromatic amines is 2. The highest BCUT2D eigenvalue weighted by Crippen LogP contribution is 2.36. The Balaban J connectivity index is 1.11. The predicted molar refractivity (Wildman–Crippen MR) is 208 cm³/mol. The number of hydrogen-bond donors (Lipinski definition) is 4. The van der Waals surface area contributed by atoms with Crippen molar-refractivity contribution in [2.45, 2.75) is 71.5 Å². The Kier molecular flexibility index (Phi) is 11.9. The molecule has 2 aromatic carbocycles. The molecule has 14 heteroatoms. The van der Waals surface area contributed by atoms with Crippen molar-refractivity contribution in [3.8, 4) is 33.6 Å². The molecular formula is C41H52N8O6. The average molecular weight is 753 g/mol. The van der Waals surface area contributed by atoms with Crippen LogP contribution in [0.4, 0.5) is 9.59 Å². The van der Waals surface area contributed by atoms with Crippen molar-refractivity contribution in [2.75, 3.05) is 33.8 Å². The molecule has 2 fully saturated rings. The fourth-order valence-corrected chi connectivity index (χ4v) is 7.96. The minimum atomic E-state index is -1.13. The number of carbonyl (C=O) groups excluding carboxylic acids is 3. The second kappa shape index (κ2) is 16.8. The normalized spacial score (nSPS) is 18.1. The van der Waals surface area contributed by atoms with E-state index in [-0.39, 0.29) is 42.3 Å². The summed E-state index contributed by atoms with van der Waals surface area (Å²) in [5, 5.41) is 11.5. The lowest BCUT2D eigenvalue weighted by molar-refractivity contribution is -0.139. The second-order valence-corrected chi connectivity index (χ2v) is 15.2. The van der Waals surface area contributed by atoms with Gasteiger partial charge in [0.25, 0.3) is 0 Å². The molecule has 2 aliphatic rings. The van der Waals surface area contributed by atoms with Crippen LogP contribution in [0.25, 0.3) is 33.6 Å². The Morgan fingerprint density at radius 1 is 0.782 bits per heavy atom. The van der Waals surface area contributed by atoms with Gasteiger partial charge in [-0.2, -0.15) is 0 Å². The highest BCUT2D eigenvalue weighted by Gasteiger charge is 2.40. The van der Waals surface area contributed by atoms with Gasteiger partial charge in [0.15, 0.2) is 0 Å². The third-order valence-electron chi connectivity index (χ3n) is 11.0. The smallest absolute Gasteiger partial charge is 0.409 e. The lowest BCUT2D eigenvalue weighted by Crippen LogP contribution is -2.51. The molecule has 4 amide bonds. The van der Waals surface area contributed by atoms with E-state index in [1.54, 1.807) is 19.4 Å². The zero-order valence-corrected chi connectivity index (χ0v) is 32.4. The number of nitrogens with zero attached hydrogens (tertiary/aromatic N) is 5. The third kappa shape index (κ3) is 8.37. The molecule has 292 valence electrons. The summed E-state index contributed by atoms with van der Waals surface area (Å²) in [4.78, 5) is 72.0. The van der Waals surface area contributed by atoms with E-state index < -0.39 is 24.1 Å². The number of rotatable bonds is 12. The van der Waals surface area contributed by atoms with Crippen LogP contribution in [0.3, 0.4) is 0 Å². The number of methoxy groups -OCH3 is 1. The molecule has 55 heavy (non-hydrogen) atoms. The van der Waals surface area contributed by atoms with Crippen LogP contribution in [0, 0.1) is 17.8 Å². The van der Waals surface area contributed by atoms with Gasteiger partial charge in [0, 0.05) is 26.7 Å². The van der Waals surface area contributed by atoms with Gasteiger partial charge in [-0.15, -0.1) is 0 Å². The molecule has 4 aromatic rings. The predicted octanol–water partition coefficient (Wildman–Crippen LogP) is 6.72. The van der Waals surface area contributed by atoms with Crippen molar-refractivity contribution in [1.82, 2.24) is 40.0 Å². The first-order valence-corrected chi connectivity index (χ1v) is 19.1. The SMILES string of the molecule is COC(=O)N(C)[C@H](C(=O)N1CCC[C@H]1c1ncc(-c2ccc(-c3ccc(-c4cnc([C@@H]5CCCN5C(=O)[C@H](CNC(=O)O)C(C)C)[nH]4)cc3)cc2)[nH]1)C(C)C. The number of imidazole rings is 2. The number of benzene rings is 2. The van der Waals surface area contributed by atoms with Crippen LogP contribution in [-0.4, -0.2) is 104 Å². The van der Waals surface area contributed by atoms with Crippen molar-refractivity contribution in [3.63, 3.8) is 0 Å². The van der Waals surface area contributed by atoms with Crippen molar-refractivity contribution < 1.29 is 29.0 Å². The van der Waals surface area contributed by atoms with E-state index in [4.69, 9.17) is 9.84 Å². The van der Waals surface area contributed by atoms with E-state index in [1.165, 1.54) is 12.0 Å². The number of likely N-dealkylation sites (N-methyl/N-ethyl adjacent to an activating group) is 1. The lowest BCUT2D eigenvalue weighted by atomic mass is 9.94. The van der Waals surface area contributed by atoms with Gasteiger partial charge in [0.05, 0.1) is 48.9 Å². The maximum absolute atomic E-state index is 13.7. The van der Waals surface area contributed by atoms with E-state index in [1.807, 2.05) is 49.6 Å². The summed E-state index contributed by atoms with van der Waals surface area (Å²) in [5.74, 6) is 0.743. The number of nitrogens with one attached hydrogen (secondary N) is 3. The van der Waals surface area contributed by atoms with Crippen LogP contribution in [0.1, 0.15) is 77.1 Å². The van der Waals surface area contributed by atoms with Crippen molar-refractivity contribution >= 4 is 24.0 Å². The van der Waals surface area contributed by atoms with Crippen LogP contribution in [0.15, 0.2) is 60.9 Å². The Morgan fingerprint density at radius 3 is 1.65 bits per heavy atom. The number of ether oxygens (including phenoxy) is 1. The van der Waals surface area contributed by atoms with E-state index in [0.29, 0.717) is 13.1 Å². The molecule has 4 heterocycles. The van der Waals surface area contributed by atoms with Crippen LogP contribution < -0.4 is 5.32 Å². The number of amides is 4. The summed E-state index contributed by atoms with van der Waals surface area (Å²) in [5.41, 5.74) is 5.78. The monoisotopic (exact) mass is 752 g/mol. The van der Waals surface area contributed by atoms with Crippen LogP contribution in [0.5, 0.6) is 0 Å². The summed E-state index contributed by atoms with van der Waals surface area (Å²) in [6.45, 7) is 9.02. The molecule has 4 N–H and O–H groups in total. The summed E-state index contributed by atoms with van der Waals surface area (Å²) in [6, 6.07) is 15.5. The molecular weight excluding hydrogens is 701 g/mol. The molecule has 2 aliphatic heterocycles. The second-order valence-electron chi connectivity index (χ2n) is 15.2. The van der Waals surface area contributed by atoms with Gasteiger partial charge in [0.2, 0.25) is 11.8 Å². The zero-order chi connectivity index (χ0) is 39.4. The van der Waals surface area contributed by atoms with Crippen LogP contribution in [-0.2, 0) is 14.3 Å². The molecule has 0 saturated carbocycles. The Morgan fingerprint density at radius 2 is 1.24 bits per heavy atom. The van der Waals surface area contributed by atoms with Crippen molar-refractivity contribution in [1.29, 1.82) is 0 Å². The molecule has 0 spiro atoms. The van der Waals surface area contributed by atoms with Gasteiger partial charge in [0.1, 0.15) is 17.7 Å². The zero-order valence-electron chi connectivity index (χ0n) is 32.4. The Hall–Kier alpha value is -5.66. The number of carbonyl (C=O) groups is 4. The summed E-state index contributed by atoms with van der Waals surface area (Å²) in [7, 11) is 2.92. The average Bonchev–Trinajstić information content (AvgIpc) is 4.01. The third-order valence-corrected chi connectivity index (χ3v) is 11.0. The highest BCUT2D eigenvalue weighted by molar-refractivity contribution is 5.86. The van der Waals surface area contributed by atoms with Gasteiger partial charge >= 0.3 is 12.2 Å². The number of likely N-dealkylation sites (tertiary alicyclic amines) is 2. The summed E-state index contributed by atoms with van der Waals surface area (Å²) in [6.07, 6.45) is 5.21. The van der Waals surface area contributed by atoms with E-state index in [0.717, 1.165) is 71.0 Å². The number of H-pyrrole nitrogens is 2. The minimum absolute atomic E-state index is 0.0138. The highest BCUT2D eigenvalue weighted by atomic mass is 16.5. The maximum Gasteiger partial charge on any atom is 0.409 e. The topological polar surface area (TPSA) is 177 Å². The molecule has 0 radical (unpaired) electrons. The van der Waals surface area contributed by atoms with Gasteiger partial charge < -0.3 is 34.9 Å². The van der Waals surface area contributed by atoms with Crippen LogP contribution >= 0.6 is 0 Å².